The van der Waals surface area contributed by atoms with E-state index in [1.165, 1.54) is 28.8 Å². The van der Waals surface area contributed by atoms with Gasteiger partial charge in [0.1, 0.15) is 23.3 Å². The van der Waals surface area contributed by atoms with Gasteiger partial charge in [0.25, 0.3) is 11.1 Å². The molecule has 0 spiro atoms. The van der Waals surface area contributed by atoms with Crippen LogP contribution in [0.5, 0.6) is 0 Å². The average Bonchev–Trinajstić information content (AvgIpc) is 3.13. The van der Waals surface area contributed by atoms with Gasteiger partial charge in [-0.2, -0.15) is 0 Å². The van der Waals surface area contributed by atoms with E-state index in [2.05, 4.69) is 36.0 Å². The number of benzene rings is 4. The van der Waals surface area contributed by atoms with Gasteiger partial charge in [-0.3, -0.25) is 18.7 Å². The number of fused-ring (bicyclic) bond motifs is 2. The molecule has 2 atom stereocenters. The van der Waals surface area contributed by atoms with Crippen LogP contribution in [-0.2, 0) is 0 Å². The molecule has 10 nitrogen and oxygen atoms in total. The lowest BCUT2D eigenvalue weighted by atomic mass is 10.1. The molecule has 0 aliphatic rings. The van der Waals surface area contributed by atoms with Crippen LogP contribution in [0.3, 0.4) is 0 Å². The monoisotopic (exact) mass is 816 g/mol. The van der Waals surface area contributed by atoms with Gasteiger partial charge in [-0.1, -0.05) is 39.2 Å². The number of halogens is 3. The summed E-state index contributed by atoms with van der Waals surface area (Å²) in [4.78, 5) is 39.6. The summed E-state index contributed by atoms with van der Waals surface area (Å²) in [5, 5.41) is 4.53. The Labute approximate surface area is 329 Å². The van der Waals surface area contributed by atoms with Crippen LogP contribution in [0.4, 0.5) is 8.78 Å². The molecule has 2 heterocycles. The Morgan fingerprint density at radius 2 is 1.11 bits per heavy atom. The maximum atomic E-state index is 13.4. The second kappa shape index (κ2) is 19.8. The zero-order valence-electron chi connectivity index (χ0n) is 32.8. The molecule has 2 unspecified atom stereocenters. The highest BCUT2D eigenvalue weighted by atomic mass is 79.9. The van der Waals surface area contributed by atoms with Crippen LogP contribution in [-0.4, -0.2) is 83.3 Å². The molecule has 13 heteroatoms. The topological polar surface area (TPSA) is 114 Å². The quantitative estimate of drug-likeness (QED) is 0.145. The Balaban J connectivity index is 0.000000216. The molecule has 0 aliphatic carbocycles. The Morgan fingerprint density at radius 3 is 1.49 bits per heavy atom. The van der Waals surface area contributed by atoms with Crippen molar-refractivity contribution < 1.29 is 8.78 Å². The highest BCUT2D eigenvalue weighted by molar-refractivity contribution is 9.09. The predicted molar refractivity (Wildman–Crippen MR) is 224 cm³/mol. The molecule has 0 fully saturated rings. The number of aryl methyl sites for hydroxylation is 2. The van der Waals surface area contributed by atoms with Gasteiger partial charge in [-0.05, 0) is 129 Å². The van der Waals surface area contributed by atoms with Crippen molar-refractivity contribution in [3.63, 3.8) is 0 Å². The summed E-state index contributed by atoms with van der Waals surface area (Å²) >= 11 is 3.48. The van der Waals surface area contributed by atoms with E-state index in [0.717, 1.165) is 37.3 Å². The van der Waals surface area contributed by atoms with Crippen molar-refractivity contribution in [2.45, 2.75) is 38.6 Å². The molecule has 2 aromatic heterocycles. The van der Waals surface area contributed by atoms with Crippen LogP contribution in [0.25, 0.3) is 33.2 Å². The number of hydrogen-bond donors (Lipinski definition) is 2. The molecule has 0 radical (unpaired) electrons. The van der Waals surface area contributed by atoms with Gasteiger partial charge < -0.3 is 20.9 Å². The number of hydrogen-bond acceptors (Lipinski definition) is 8. The lowest BCUT2D eigenvalue weighted by Gasteiger charge is -2.20. The fourth-order valence-corrected chi connectivity index (χ4v) is 6.03. The van der Waals surface area contributed by atoms with Crippen LogP contribution in [0, 0.1) is 25.5 Å². The number of likely N-dealkylation sites (N-methyl/N-ethyl adjacent to an activating group) is 2. The van der Waals surface area contributed by atoms with E-state index in [1.54, 1.807) is 28.8 Å². The second-order valence-electron chi connectivity index (χ2n) is 13.9. The normalized spacial score (nSPS) is 12.3. The number of nitrogens with one attached hydrogen (secondary N) is 1. The van der Waals surface area contributed by atoms with Gasteiger partial charge in [0.15, 0.2) is 0 Å². The van der Waals surface area contributed by atoms with Crippen LogP contribution < -0.4 is 22.2 Å². The van der Waals surface area contributed by atoms with Crippen molar-refractivity contribution in [3.05, 3.63) is 140 Å². The number of rotatable bonds is 10. The van der Waals surface area contributed by atoms with Crippen molar-refractivity contribution in [2.75, 3.05) is 54.4 Å². The third kappa shape index (κ3) is 11.4. The molecule has 55 heavy (non-hydrogen) atoms. The summed E-state index contributed by atoms with van der Waals surface area (Å²) in [5.74, 6) is 0.527. The number of nitrogens with zero attached hydrogens (tertiary/aromatic N) is 6. The van der Waals surface area contributed by atoms with Crippen LogP contribution >= 0.6 is 15.9 Å². The van der Waals surface area contributed by atoms with Gasteiger partial charge >= 0.3 is 0 Å². The fraction of sp³-hybridized carbons (Fsp3) is 0.333. The summed E-state index contributed by atoms with van der Waals surface area (Å²) < 4.78 is 29.7. The molecule has 0 saturated carbocycles. The van der Waals surface area contributed by atoms with E-state index in [-0.39, 0.29) is 33.6 Å². The van der Waals surface area contributed by atoms with Crippen LogP contribution in [0.15, 0.2) is 94.5 Å². The first-order valence-electron chi connectivity index (χ1n) is 18.1. The molecule has 0 bridgehead atoms. The third-order valence-electron chi connectivity index (χ3n) is 8.60. The maximum absolute atomic E-state index is 13.4. The zero-order valence-corrected chi connectivity index (χ0v) is 34.4. The van der Waals surface area contributed by atoms with Gasteiger partial charge in [-0.25, -0.2) is 18.7 Å². The van der Waals surface area contributed by atoms with Crippen molar-refractivity contribution in [1.82, 2.24) is 34.2 Å². The van der Waals surface area contributed by atoms with Gasteiger partial charge in [0.2, 0.25) is 0 Å². The second-order valence-corrected chi connectivity index (χ2v) is 15.3. The molecule has 3 N–H and O–H groups in total. The predicted octanol–water partition coefficient (Wildman–Crippen LogP) is 6.84. The number of aromatic nitrogens is 4. The highest BCUT2D eigenvalue weighted by Gasteiger charge is 2.19. The van der Waals surface area contributed by atoms with E-state index >= 15 is 0 Å². The minimum Gasteiger partial charge on any atom is -0.329 e. The first-order valence-corrected chi connectivity index (χ1v) is 19.0. The van der Waals surface area contributed by atoms with Crippen molar-refractivity contribution in [1.29, 1.82) is 0 Å². The molecule has 0 saturated heterocycles. The molecule has 0 aliphatic heterocycles. The van der Waals surface area contributed by atoms with Crippen molar-refractivity contribution in [2.24, 2.45) is 5.73 Å². The largest absolute Gasteiger partial charge is 0.329 e. The highest BCUT2D eigenvalue weighted by Crippen LogP contribution is 2.24. The molecule has 6 rings (SSSR count). The first-order chi connectivity index (χ1) is 26.1. The van der Waals surface area contributed by atoms with Gasteiger partial charge in [0, 0.05) is 26.2 Å². The Hall–Kier alpha value is -4.66. The molecule has 292 valence electrons. The van der Waals surface area contributed by atoms with Crippen LogP contribution in [0.2, 0.25) is 0 Å². The van der Waals surface area contributed by atoms with Crippen molar-refractivity contribution >= 4 is 37.7 Å². The summed E-state index contributed by atoms with van der Waals surface area (Å²) in [7, 11) is 8.04. The van der Waals surface area contributed by atoms with Crippen LogP contribution in [0.1, 0.15) is 47.5 Å². The molecule has 6 aromatic rings. The Kier molecular flexibility index (Phi) is 15.5. The minimum atomic E-state index is -0.338. The first kappa shape index (κ1) is 43.1. The van der Waals surface area contributed by atoms with Gasteiger partial charge in [-0.15, -0.1) is 0 Å². The average molecular weight is 818 g/mol. The lowest BCUT2D eigenvalue weighted by Crippen LogP contribution is -2.33. The summed E-state index contributed by atoms with van der Waals surface area (Å²) in [6.45, 7) is 11.1. The van der Waals surface area contributed by atoms with E-state index in [1.807, 2.05) is 92.3 Å². The van der Waals surface area contributed by atoms with Gasteiger partial charge in [0.05, 0.1) is 44.0 Å². The lowest BCUT2D eigenvalue weighted by molar-refractivity contribution is 0.385. The summed E-state index contributed by atoms with van der Waals surface area (Å²) in [6, 6.07) is 22.9. The number of nitrogens with two attached hydrogens (primary N) is 1. The van der Waals surface area contributed by atoms with E-state index < -0.39 is 0 Å². The molecular weight excluding hydrogens is 766 g/mol. The summed E-state index contributed by atoms with van der Waals surface area (Å²) in [6.07, 6.45) is 0. The third-order valence-corrected chi connectivity index (χ3v) is 9.01. The molecular formula is C42H51BrF2N8O2. The smallest absolute Gasteiger partial charge is 0.266 e. The Bertz CT molecular complexity index is 2310. The van der Waals surface area contributed by atoms with E-state index in [0.29, 0.717) is 44.8 Å². The standard InChI is InChI=1S/C21H25FN4O.C17H14BrFN2O.C4H12N2/c1-14-5-10-19-18(13-14)21(27)26(17-8-6-16(22)7-9-17)20(24-19)15(2)23-11-12-25(3)4;1-10-3-8-15-14(9-10)17(22)21(16(20-15)11(2)18)13-6-4-12(19)5-7-13;1-6(2)4-3-5/h5-10,13,15,23H,11-12H2,1-4H3;3-9,11H,1-2H3;3-5H2,1-2H3. The minimum absolute atomic E-state index is 0.115. The fourth-order valence-electron chi connectivity index (χ4n) is 5.72. The SMILES string of the molecule is CN(C)CCN.Cc1ccc2nc(C(C)Br)n(-c3ccc(F)cc3)c(=O)c2c1.Cc1ccc2nc(C(C)NCCN(C)C)n(-c3ccc(F)cc3)c(=O)c2c1. The molecule has 0 amide bonds. The summed E-state index contributed by atoms with van der Waals surface area (Å²) in [5.41, 5.74) is 9.42. The van der Waals surface area contributed by atoms with Crippen molar-refractivity contribution in [3.8, 4) is 11.4 Å². The number of alkyl halides is 1. The molecule has 4 aromatic carbocycles. The Morgan fingerprint density at radius 1 is 0.691 bits per heavy atom. The zero-order chi connectivity index (χ0) is 40.4. The maximum Gasteiger partial charge on any atom is 0.266 e. The van der Waals surface area contributed by atoms with E-state index in [4.69, 9.17) is 10.7 Å². The van der Waals surface area contributed by atoms with E-state index in [9.17, 15) is 18.4 Å².